The van der Waals surface area contributed by atoms with Gasteiger partial charge in [0.05, 0.1) is 12.8 Å². The summed E-state index contributed by atoms with van der Waals surface area (Å²) in [4.78, 5) is 0. The summed E-state index contributed by atoms with van der Waals surface area (Å²) < 4.78 is 5.54. The minimum Gasteiger partial charge on any atom is -0.498 e. The molecule has 0 aliphatic heterocycles. The summed E-state index contributed by atoms with van der Waals surface area (Å²) in [6.45, 7) is 14.4. The Balaban J connectivity index is 5.66. The molecule has 0 aromatic heterocycles. The fraction of sp³-hybridized carbons (Fsp3) is 0.600. The molecule has 2 heteroatoms. The van der Waals surface area contributed by atoms with Crippen molar-refractivity contribution in [1.29, 1.82) is 0 Å². The van der Waals surface area contributed by atoms with Crippen molar-refractivity contribution in [2.75, 3.05) is 7.11 Å². The smallest absolute Gasteiger partial charge is 0.128 e. The van der Waals surface area contributed by atoms with Crippen LogP contribution in [-0.4, -0.2) is 7.11 Å². The first-order valence-corrected chi connectivity index (χ1v) is 6.19. The first kappa shape index (κ1) is 15.8. The highest BCUT2D eigenvalue weighted by Crippen LogP contribution is 2.39. The molecular formula is C15H27NO. The molecule has 1 atom stereocenters. The second kappa shape index (κ2) is 6.53. The van der Waals surface area contributed by atoms with Crippen molar-refractivity contribution in [3.63, 3.8) is 0 Å². The zero-order valence-electron chi connectivity index (χ0n) is 12.1. The van der Waals surface area contributed by atoms with Gasteiger partial charge in [-0.2, -0.15) is 0 Å². The first-order chi connectivity index (χ1) is 7.81. The summed E-state index contributed by atoms with van der Waals surface area (Å²) in [5.74, 6) is 1.21. The van der Waals surface area contributed by atoms with Crippen molar-refractivity contribution in [2.45, 2.75) is 41.0 Å². The highest BCUT2D eigenvalue weighted by molar-refractivity contribution is 5.32. The lowest BCUT2D eigenvalue weighted by molar-refractivity contribution is 0.172. The Bertz CT molecular complexity index is 326. The van der Waals surface area contributed by atoms with E-state index in [1.807, 2.05) is 6.92 Å². The predicted octanol–water partition coefficient (Wildman–Crippen LogP) is 4.01. The monoisotopic (exact) mass is 237 g/mol. The van der Waals surface area contributed by atoms with Crippen LogP contribution in [-0.2, 0) is 4.74 Å². The van der Waals surface area contributed by atoms with Gasteiger partial charge in [-0.05, 0) is 31.8 Å². The van der Waals surface area contributed by atoms with Crippen LogP contribution in [0.5, 0.6) is 0 Å². The topological polar surface area (TPSA) is 35.2 Å². The van der Waals surface area contributed by atoms with E-state index >= 15 is 0 Å². The molecule has 0 radical (unpaired) electrons. The SMILES string of the molecule is C=C(C)/C(N)=C(\OC)[C@@](C)(/C=C\CC)C(C)C. The van der Waals surface area contributed by atoms with Crippen LogP contribution in [0.2, 0.25) is 0 Å². The summed E-state index contributed by atoms with van der Waals surface area (Å²) in [7, 11) is 1.67. The highest BCUT2D eigenvalue weighted by Gasteiger charge is 2.33. The third kappa shape index (κ3) is 3.65. The standard InChI is InChI=1S/C15H27NO/c1-8-9-10-15(6,12(4)5)14(17-7)13(16)11(2)3/h9-10,12H,2,8,16H2,1,3-7H3/b10-9-,14-13+/t15-/m0/s1. The zero-order valence-corrected chi connectivity index (χ0v) is 12.1. The van der Waals surface area contributed by atoms with Gasteiger partial charge in [0.25, 0.3) is 0 Å². The van der Waals surface area contributed by atoms with E-state index in [0.717, 1.165) is 17.8 Å². The summed E-state index contributed by atoms with van der Waals surface area (Å²) in [6.07, 6.45) is 5.35. The van der Waals surface area contributed by atoms with Gasteiger partial charge >= 0.3 is 0 Å². The van der Waals surface area contributed by atoms with E-state index in [-0.39, 0.29) is 5.41 Å². The quantitative estimate of drug-likeness (QED) is 0.430. The minimum absolute atomic E-state index is 0.187. The Kier molecular flexibility index (Phi) is 6.08. The maximum atomic E-state index is 6.09. The molecule has 0 heterocycles. The molecule has 0 bridgehead atoms. The number of nitrogens with two attached hydrogens (primary N) is 1. The van der Waals surface area contributed by atoms with E-state index < -0.39 is 0 Å². The average Bonchev–Trinajstić information content (AvgIpc) is 2.26. The number of allylic oxidation sites excluding steroid dienone is 3. The lowest BCUT2D eigenvalue weighted by Crippen LogP contribution is -2.28. The van der Waals surface area contributed by atoms with E-state index in [0.29, 0.717) is 11.6 Å². The maximum Gasteiger partial charge on any atom is 0.128 e. The molecule has 0 aromatic carbocycles. The van der Waals surface area contributed by atoms with Crippen LogP contribution in [0.15, 0.2) is 35.8 Å². The van der Waals surface area contributed by atoms with Crippen molar-refractivity contribution in [2.24, 2.45) is 17.1 Å². The molecule has 17 heavy (non-hydrogen) atoms. The van der Waals surface area contributed by atoms with Gasteiger partial charge in [0, 0.05) is 5.41 Å². The van der Waals surface area contributed by atoms with Gasteiger partial charge in [-0.3, -0.25) is 0 Å². The molecule has 0 amide bonds. The van der Waals surface area contributed by atoms with Crippen LogP contribution >= 0.6 is 0 Å². The van der Waals surface area contributed by atoms with E-state index in [4.69, 9.17) is 10.5 Å². The lowest BCUT2D eigenvalue weighted by Gasteiger charge is -2.33. The molecule has 0 rings (SSSR count). The van der Waals surface area contributed by atoms with Crippen LogP contribution in [0.25, 0.3) is 0 Å². The van der Waals surface area contributed by atoms with Crippen LogP contribution in [0.3, 0.4) is 0 Å². The molecule has 0 saturated heterocycles. The van der Waals surface area contributed by atoms with Gasteiger partial charge in [-0.25, -0.2) is 0 Å². The van der Waals surface area contributed by atoms with Crippen molar-refractivity contribution in [3.05, 3.63) is 35.8 Å². The van der Waals surface area contributed by atoms with Gasteiger partial charge < -0.3 is 10.5 Å². The Morgan fingerprint density at radius 3 is 2.29 bits per heavy atom. The van der Waals surface area contributed by atoms with Gasteiger partial charge in [-0.15, -0.1) is 0 Å². The molecule has 0 unspecified atom stereocenters. The van der Waals surface area contributed by atoms with Crippen molar-refractivity contribution < 1.29 is 4.74 Å². The van der Waals surface area contributed by atoms with Crippen LogP contribution < -0.4 is 5.73 Å². The Morgan fingerprint density at radius 1 is 1.47 bits per heavy atom. The Morgan fingerprint density at radius 2 is 2.00 bits per heavy atom. The Hall–Kier alpha value is -1.18. The van der Waals surface area contributed by atoms with Crippen LogP contribution in [0.1, 0.15) is 41.0 Å². The minimum atomic E-state index is -0.187. The second-order valence-electron chi connectivity index (χ2n) is 4.98. The lowest BCUT2D eigenvalue weighted by atomic mass is 9.75. The van der Waals surface area contributed by atoms with E-state index in [1.54, 1.807) is 7.11 Å². The van der Waals surface area contributed by atoms with Gasteiger partial charge in [0.2, 0.25) is 0 Å². The summed E-state index contributed by atoms with van der Waals surface area (Å²) in [5, 5.41) is 0. The van der Waals surface area contributed by atoms with Crippen LogP contribution in [0.4, 0.5) is 0 Å². The third-order valence-corrected chi connectivity index (χ3v) is 3.30. The maximum absolute atomic E-state index is 6.09. The molecule has 0 aromatic rings. The molecule has 0 aliphatic carbocycles. The first-order valence-electron chi connectivity index (χ1n) is 6.19. The summed E-state index contributed by atoms with van der Waals surface area (Å²) >= 11 is 0. The summed E-state index contributed by atoms with van der Waals surface area (Å²) in [6, 6.07) is 0. The highest BCUT2D eigenvalue weighted by atomic mass is 16.5. The van der Waals surface area contributed by atoms with E-state index in [1.165, 1.54) is 0 Å². The largest absolute Gasteiger partial charge is 0.498 e. The fourth-order valence-electron chi connectivity index (χ4n) is 1.71. The number of ether oxygens (including phenoxy) is 1. The molecule has 98 valence electrons. The van der Waals surface area contributed by atoms with Gasteiger partial charge in [0.1, 0.15) is 5.76 Å². The predicted molar refractivity (Wildman–Crippen MR) is 75.4 cm³/mol. The van der Waals surface area contributed by atoms with Crippen molar-refractivity contribution >= 4 is 0 Å². The summed E-state index contributed by atoms with van der Waals surface area (Å²) in [5.41, 5.74) is 7.40. The molecular weight excluding hydrogens is 210 g/mol. The Labute approximate surface area is 106 Å². The molecule has 0 aliphatic rings. The zero-order chi connectivity index (χ0) is 13.6. The van der Waals surface area contributed by atoms with Crippen molar-refractivity contribution in [3.8, 4) is 0 Å². The van der Waals surface area contributed by atoms with E-state index in [9.17, 15) is 0 Å². The van der Waals surface area contributed by atoms with Gasteiger partial charge in [0.15, 0.2) is 0 Å². The molecule has 0 saturated carbocycles. The normalized spacial score (nSPS) is 16.9. The fourth-order valence-corrected chi connectivity index (χ4v) is 1.71. The molecule has 0 fully saturated rings. The molecule has 2 N–H and O–H groups in total. The second-order valence-corrected chi connectivity index (χ2v) is 4.98. The number of methoxy groups -OCH3 is 1. The van der Waals surface area contributed by atoms with Gasteiger partial charge in [-0.1, -0.05) is 39.5 Å². The number of rotatable bonds is 6. The number of hydrogen-bond acceptors (Lipinski definition) is 2. The van der Waals surface area contributed by atoms with Crippen molar-refractivity contribution in [1.82, 2.24) is 0 Å². The third-order valence-electron chi connectivity index (χ3n) is 3.30. The molecule has 0 spiro atoms. The average molecular weight is 237 g/mol. The van der Waals surface area contributed by atoms with Crippen LogP contribution in [0, 0.1) is 11.3 Å². The molecule has 2 nitrogen and oxygen atoms in total. The number of hydrogen-bond donors (Lipinski definition) is 1. The van der Waals surface area contributed by atoms with E-state index in [2.05, 4.69) is 46.4 Å².